The van der Waals surface area contributed by atoms with Crippen molar-refractivity contribution in [1.29, 1.82) is 0 Å². The molecule has 0 aliphatic rings. The molecule has 2 N–H and O–H groups in total. The average Bonchev–Trinajstić information content (AvgIpc) is 2.33. The lowest BCUT2D eigenvalue weighted by molar-refractivity contribution is 1.14. The number of nitrogens with two attached hydrogens (primary N) is 1. The van der Waals surface area contributed by atoms with Crippen molar-refractivity contribution in [2.45, 2.75) is 27.2 Å². The van der Waals surface area contributed by atoms with Crippen molar-refractivity contribution in [3.8, 4) is 11.1 Å². The van der Waals surface area contributed by atoms with Gasteiger partial charge in [-0.1, -0.05) is 36.8 Å². The minimum atomic E-state index is 0.890. The van der Waals surface area contributed by atoms with Gasteiger partial charge in [0.05, 0.1) is 0 Å². The SMILES string of the molecule is CCc1cc(-c2cc(C)ccc2C)ccc1N. The number of hydrogen-bond donors (Lipinski definition) is 1. The lowest BCUT2D eigenvalue weighted by Crippen LogP contribution is -1.94. The molecule has 0 aliphatic carbocycles. The van der Waals surface area contributed by atoms with Gasteiger partial charge in [0.1, 0.15) is 0 Å². The second-order valence-electron chi connectivity index (χ2n) is 4.59. The van der Waals surface area contributed by atoms with Crippen molar-refractivity contribution in [2.24, 2.45) is 0 Å². The third kappa shape index (κ3) is 2.33. The first-order chi connectivity index (χ1) is 8.11. The summed E-state index contributed by atoms with van der Waals surface area (Å²) in [5.74, 6) is 0. The van der Waals surface area contributed by atoms with E-state index in [1.807, 2.05) is 6.07 Å². The van der Waals surface area contributed by atoms with E-state index in [-0.39, 0.29) is 0 Å². The molecule has 0 saturated carbocycles. The smallest absolute Gasteiger partial charge is 0.0346 e. The van der Waals surface area contributed by atoms with E-state index in [9.17, 15) is 0 Å². The highest BCUT2D eigenvalue weighted by molar-refractivity contribution is 5.71. The molecule has 88 valence electrons. The zero-order valence-electron chi connectivity index (χ0n) is 10.7. The molecule has 0 radical (unpaired) electrons. The first-order valence-electron chi connectivity index (χ1n) is 6.08. The van der Waals surface area contributed by atoms with Crippen molar-refractivity contribution < 1.29 is 0 Å². The summed E-state index contributed by atoms with van der Waals surface area (Å²) in [5.41, 5.74) is 13.2. The predicted molar refractivity (Wildman–Crippen MR) is 75.1 cm³/mol. The van der Waals surface area contributed by atoms with Crippen LogP contribution in [0, 0.1) is 13.8 Å². The molecule has 0 amide bonds. The molecule has 2 rings (SSSR count). The lowest BCUT2D eigenvalue weighted by Gasteiger charge is -2.10. The van der Waals surface area contributed by atoms with Gasteiger partial charge in [0.2, 0.25) is 0 Å². The summed E-state index contributed by atoms with van der Waals surface area (Å²) in [7, 11) is 0. The van der Waals surface area contributed by atoms with Gasteiger partial charge in [0.25, 0.3) is 0 Å². The van der Waals surface area contributed by atoms with Crippen LogP contribution in [0.1, 0.15) is 23.6 Å². The van der Waals surface area contributed by atoms with Crippen molar-refractivity contribution in [3.63, 3.8) is 0 Å². The van der Waals surface area contributed by atoms with Gasteiger partial charge < -0.3 is 5.73 Å². The van der Waals surface area contributed by atoms with Crippen LogP contribution in [-0.2, 0) is 6.42 Å². The molecular formula is C16H19N. The molecule has 0 aromatic heterocycles. The summed E-state index contributed by atoms with van der Waals surface area (Å²) in [5, 5.41) is 0. The van der Waals surface area contributed by atoms with Gasteiger partial charge >= 0.3 is 0 Å². The van der Waals surface area contributed by atoms with Gasteiger partial charge in [-0.15, -0.1) is 0 Å². The number of benzene rings is 2. The van der Waals surface area contributed by atoms with Crippen LogP contribution in [0.15, 0.2) is 36.4 Å². The topological polar surface area (TPSA) is 26.0 Å². The van der Waals surface area contributed by atoms with Crippen LogP contribution in [0.2, 0.25) is 0 Å². The van der Waals surface area contributed by atoms with Gasteiger partial charge in [0, 0.05) is 5.69 Å². The minimum Gasteiger partial charge on any atom is -0.399 e. The second-order valence-corrected chi connectivity index (χ2v) is 4.59. The second kappa shape index (κ2) is 4.62. The molecule has 2 aromatic rings. The van der Waals surface area contributed by atoms with Crippen LogP contribution in [0.4, 0.5) is 5.69 Å². The molecule has 0 heterocycles. The molecule has 0 aliphatic heterocycles. The van der Waals surface area contributed by atoms with Gasteiger partial charge in [-0.3, -0.25) is 0 Å². The Morgan fingerprint density at radius 1 is 1.00 bits per heavy atom. The largest absolute Gasteiger partial charge is 0.399 e. The van der Waals surface area contributed by atoms with Gasteiger partial charge in [-0.05, 0) is 54.7 Å². The lowest BCUT2D eigenvalue weighted by atomic mass is 9.96. The summed E-state index contributed by atoms with van der Waals surface area (Å²) >= 11 is 0. The third-order valence-corrected chi connectivity index (χ3v) is 3.23. The predicted octanol–water partition coefficient (Wildman–Crippen LogP) is 4.12. The summed E-state index contributed by atoms with van der Waals surface area (Å²) in [4.78, 5) is 0. The third-order valence-electron chi connectivity index (χ3n) is 3.23. The molecule has 0 spiro atoms. The molecule has 0 saturated heterocycles. The Bertz CT molecular complexity index is 541. The van der Waals surface area contributed by atoms with Crippen LogP contribution < -0.4 is 5.73 Å². The first-order valence-corrected chi connectivity index (χ1v) is 6.08. The molecule has 2 aromatic carbocycles. The number of nitrogen functional groups attached to an aromatic ring is 1. The number of rotatable bonds is 2. The van der Waals surface area contributed by atoms with E-state index < -0.39 is 0 Å². The zero-order valence-corrected chi connectivity index (χ0v) is 10.7. The Balaban J connectivity index is 2.56. The maximum atomic E-state index is 5.95. The summed E-state index contributed by atoms with van der Waals surface area (Å²) in [6.07, 6.45) is 0.977. The molecule has 17 heavy (non-hydrogen) atoms. The summed E-state index contributed by atoms with van der Waals surface area (Å²) in [6.45, 7) is 6.41. The highest BCUT2D eigenvalue weighted by Gasteiger charge is 2.04. The highest BCUT2D eigenvalue weighted by atomic mass is 14.6. The van der Waals surface area contributed by atoms with E-state index in [1.165, 1.54) is 27.8 Å². The minimum absolute atomic E-state index is 0.890. The fourth-order valence-electron chi connectivity index (χ4n) is 2.13. The maximum Gasteiger partial charge on any atom is 0.0346 e. The van der Waals surface area contributed by atoms with Crippen molar-refractivity contribution in [3.05, 3.63) is 53.1 Å². The quantitative estimate of drug-likeness (QED) is 0.764. The average molecular weight is 225 g/mol. The van der Waals surface area contributed by atoms with Crippen LogP contribution in [0.25, 0.3) is 11.1 Å². The van der Waals surface area contributed by atoms with Crippen molar-refractivity contribution in [1.82, 2.24) is 0 Å². The van der Waals surface area contributed by atoms with Crippen LogP contribution >= 0.6 is 0 Å². The number of anilines is 1. The summed E-state index contributed by atoms with van der Waals surface area (Å²) in [6, 6.07) is 12.9. The van der Waals surface area contributed by atoms with Gasteiger partial charge in [-0.25, -0.2) is 0 Å². The van der Waals surface area contributed by atoms with Gasteiger partial charge in [-0.2, -0.15) is 0 Å². The van der Waals surface area contributed by atoms with Crippen LogP contribution in [-0.4, -0.2) is 0 Å². The number of aryl methyl sites for hydroxylation is 3. The molecule has 0 bridgehead atoms. The molecule has 1 nitrogen and oxygen atoms in total. The molecule has 0 atom stereocenters. The zero-order chi connectivity index (χ0) is 12.4. The van der Waals surface area contributed by atoms with E-state index in [4.69, 9.17) is 5.73 Å². The van der Waals surface area contributed by atoms with E-state index in [0.29, 0.717) is 0 Å². The first kappa shape index (κ1) is 11.7. The maximum absolute atomic E-state index is 5.95. The molecule has 0 fully saturated rings. The van der Waals surface area contributed by atoms with Crippen LogP contribution in [0.3, 0.4) is 0 Å². The Morgan fingerprint density at radius 2 is 1.76 bits per heavy atom. The van der Waals surface area contributed by atoms with E-state index in [1.54, 1.807) is 0 Å². The van der Waals surface area contributed by atoms with Crippen molar-refractivity contribution in [2.75, 3.05) is 5.73 Å². The molecular weight excluding hydrogens is 206 g/mol. The Labute approximate surface area is 103 Å². The number of hydrogen-bond acceptors (Lipinski definition) is 1. The van der Waals surface area contributed by atoms with E-state index in [0.717, 1.165) is 12.1 Å². The Hall–Kier alpha value is -1.76. The Morgan fingerprint density at radius 3 is 2.47 bits per heavy atom. The molecule has 1 heteroatoms. The fraction of sp³-hybridized carbons (Fsp3) is 0.250. The van der Waals surface area contributed by atoms with Crippen molar-refractivity contribution >= 4 is 5.69 Å². The monoisotopic (exact) mass is 225 g/mol. The summed E-state index contributed by atoms with van der Waals surface area (Å²) < 4.78 is 0. The van der Waals surface area contributed by atoms with Gasteiger partial charge in [0.15, 0.2) is 0 Å². The normalized spacial score (nSPS) is 10.5. The van der Waals surface area contributed by atoms with Crippen LogP contribution in [0.5, 0.6) is 0 Å². The standard InChI is InChI=1S/C16H19N/c1-4-13-10-14(7-8-16(13)17)15-9-11(2)5-6-12(15)3/h5-10H,4,17H2,1-3H3. The fourth-order valence-corrected chi connectivity index (χ4v) is 2.13. The van der Waals surface area contributed by atoms with E-state index >= 15 is 0 Å². The highest BCUT2D eigenvalue weighted by Crippen LogP contribution is 2.27. The molecule has 0 unspecified atom stereocenters. The van der Waals surface area contributed by atoms with E-state index in [2.05, 4.69) is 51.1 Å². The Kier molecular flexibility index (Phi) is 3.19.